The first-order chi connectivity index (χ1) is 29.6. The minimum Gasteiger partial charge on any atom is -0.756 e. The Bertz CT molecular complexity index is 945. The van der Waals surface area contributed by atoms with Gasteiger partial charge in [0.2, 0.25) is 0 Å². The maximum atomic E-state index is 12.7. The van der Waals surface area contributed by atoms with E-state index in [9.17, 15) is 14.3 Å². The summed E-state index contributed by atoms with van der Waals surface area (Å²) in [5.41, 5.74) is 0. The summed E-state index contributed by atoms with van der Waals surface area (Å²) in [4.78, 5) is 25.2. The van der Waals surface area contributed by atoms with Gasteiger partial charge < -0.3 is 27.9 Å². The third-order valence-corrected chi connectivity index (χ3v) is 13.1. The quantitative estimate of drug-likeness (QED) is 0.0260. The SMILES string of the molecule is CCCCCCCCCCCCCCCCCCCCCCCCOCC(COP(=O)([O-])OCC[N+](C)(C)C)OC(=O)CCCCCCCCCCCCCCCCCCC. The van der Waals surface area contributed by atoms with Crippen LogP contribution in [0.25, 0.3) is 0 Å². The van der Waals surface area contributed by atoms with Crippen molar-refractivity contribution in [2.75, 3.05) is 54.1 Å². The van der Waals surface area contributed by atoms with E-state index in [0.29, 0.717) is 24.1 Å². The molecule has 0 aromatic heterocycles. The van der Waals surface area contributed by atoms with E-state index in [0.717, 1.165) is 32.1 Å². The Labute approximate surface area is 380 Å². The highest BCUT2D eigenvalue weighted by Crippen LogP contribution is 2.38. The van der Waals surface area contributed by atoms with E-state index in [4.69, 9.17) is 18.5 Å². The first kappa shape index (κ1) is 60.5. The molecule has 0 amide bonds. The maximum Gasteiger partial charge on any atom is 0.306 e. The summed E-state index contributed by atoms with van der Waals surface area (Å²) in [5, 5.41) is 0. The summed E-state index contributed by atoms with van der Waals surface area (Å²) in [7, 11) is 1.38. The molecule has 0 bridgehead atoms. The van der Waals surface area contributed by atoms with E-state index >= 15 is 0 Å². The molecule has 0 N–H and O–H groups in total. The van der Waals surface area contributed by atoms with Crippen molar-refractivity contribution in [1.29, 1.82) is 0 Å². The predicted octanol–water partition coefficient (Wildman–Crippen LogP) is 15.8. The number of carbonyl (C=O) groups is 1. The summed E-state index contributed by atoms with van der Waals surface area (Å²) >= 11 is 0. The molecule has 2 atom stereocenters. The first-order valence-corrected chi connectivity index (χ1v) is 28.2. The van der Waals surface area contributed by atoms with Crippen molar-refractivity contribution in [3.63, 3.8) is 0 Å². The van der Waals surface area contributed by atoms with Crippen molar-refractivity contribution in [2.24, 2.45) is 0 Å². The summed E-state index contributed by atoms with van der Waals surface area (Å²) in [6, 6.07) is 0. The van der Waals surface area contributed by atoms with Crippen molar-refractivity contribution in [3.05, 3.63) is 0 Å². The Kier molecular flexibility index (Phi) is 45.7. The number of phosphoric ester groups is 1. The molecule has 0 saturated carbocycles. The number of esters is 1. The van der Waals surface area contributed by atoms with Gasteiger partial charge in [-0.25, -0.2) is 0 Å². The molecule has 0 radical (unpaired) electrons. The second kappa shape index (κ2) is 46.0. The van der Waals surface area contributed by atoms with Crippen LogP contribution in [0.15, 0.2) is 0 Å². The number of carbonyl (C=O) groups excluding carboxylic acids is 1. The lowest BCUT2D eigenvalue weighted by Gasteiger charge is -2.28. The number of quaternary nitrogens is 1. The third kappa shape index (κ3) is 50.4. The van der Waals surface area contributed by atoms with Gasteiger partial charge in [0.05, 0.1) is 34.4 Å². The van der Waals surface area contributed by atoms with Gasteiger partial charge in [-0.05, 0) is 12.8 Å². The fourth-order valence-corrected chi connectivity index (χ4v) is 8.75. The van der Waals surface area contributed by atoms with Gasteiger partial charge in [-0.15, -0.1) is 0 Å². The molecule has 9 heteroatoms. The lowest BCUT2D eigenvalue weighted by Crippen LogP contribution is -2.37. The molecule has 8 nitrogen and oxygen atoms in total. The average Bonchev–Trinajstić information content (AvgIpc) is 3.22. The van der Waals surface area contributed by atoms with Gasteiger partial charge in [0.15, 0.2) is 0 Å². The van der Waals surface area contributed by atoms with Gasteiger partial charge >= 0.3 is 5.97 Å². The highest BCUT2D eigenvalue weighted by molar-refractivity contribution is 7.45. The Morgan fingerprint density at radius 2 is 0.754 bits per heavy atom. The summed E-state index contributed by atoms with van der Waals surface area (Å²) in [6.07, 6.45) is 51.3. The van der Waals surface area contributed by atoms with E-state index in [1.165, 1.54) is 218 Å². The van der Waals surface area contributed by atoms with E-state index < -0.39 is 13.9 Å². The van der Waals surface area contributed by atoms with Crippen LogP contribution in [0.5, 0.6) is 0 Å². The van der Waals surface area contributed by atoms with Crippen LogP contribution in [0.3, 0.4) is 0 Å². The molecule has 0 aliphatic heterocycles. The molecular formula is C52H106NO7P. The van der Waals surface area contributed by atoms with Crippen molar-refractivity contribution in [2.45, 2.75) is 277 Å². The van der Waals surface area contributed by atoms with Gasteiger partial charge in [-0.3, -0.25) is 9.36 Å². The monoisotopic (exact) mass is 888 g/mol. The summed E-state index contributed by atoms with van der Waals surface area (Å²) in [6.45, 7) is 5.50. The molecule has 0 fully saturated rings. The molecule has 0 saturated heterocycles. The van der Waals surface area contributed by atoms with Gasteiger partial charge in [0.25, 0.3) is 7.82 Å². The first-order valence-electron chi connectivity index (χ1n) is 26.8. The molecular weight excluding hydrogens is 782 g/mol. The molecule has 0 spiro atoms. The molecule has 0 rings (SSSR count). The molecule has 0 heterocycles. The number of ether oxygens (including phenoxy) is 2. The number of hydrogen-bond acceptors (Lipinski definition) is 7. The predicted molar refractivity (Wildman–Crippen MR) is 259 cm³/mol. The molecule has 0 aromatic carbocycles. The average molecular weight is 888 g/mol. The van der Waals surface area contributed by atoms with Gasteiger partial charge in [-0.2, -0.15) is 0 Å². The Balaban J connectivity index is 4.04. The minimum absolute atomic E-state index is 0.0318. The molecule has 366 valence electrons. The van der Waals surface area contributed by atoms with Crippen LogP contribution in [-0.2, 0) is 27.9 Å². The van der Waals surface area contributed by atoms with Crippen molar-refractivity contribution < 1.29 is 37.3 Å². The largest absolute Gasteiger partial charge is 0.756 e. The zero-order valence-corrected chi connectivity index (χ0v) is 42.5. The molecule has 2 unspecified atom stereocenters. The standard InChI is InChI=1S/C52H106NO7P/c1-6-8-10-12-14-16-18-20-22-24-25-26-27-28-30-32-34-36-38-40-42-44-47-57-49-51(50-59-61(55,56)58-48-46-53(3,4)5)60-52(54)45-43-41-39-37-35-33-31-29-23-21-19-17-15-13-11-9-7-2/h51H,6-50H2,1-5H3. The Morgan fingerprint density at radius 1 is 0.443 bits per heavy atom. The fourth-order valence-electron chi connectivity index (χ4n) is 8.02. The van der Waals surface area contributed by atoms with Gasteiger partial charge in [0.1, 0.15) is 19.3 Å². The summed E-state index contributed by atoms with van der Waals surface area (Å²) < 4.78 is 34.8. The molecule has 0 aromatic rings. The molecule has 61 heavy (non-hydrogen) atoms. The van der Waals surface area contributed by atoms with Gasteiger partial charge in [-0.1, -0.05) is 251 Å². The van der Waals surface area contributed by atoms with Crippen LogP contribution in [0.4, 0.5) is 0 Å². The third-order valence-electron chi connectivity index (χ3n) is 12.2. The number of hydrogen-bond donors (Lipinski definition) is 0. The second-order valence-electron chi connectivity index (χ2n) is 19.6. The van der Waals surface area contributed by atoms with Crippen molar-refractivity contribution >= 4 is 13.8 Å². The van der Waals surface area contributed by atoms with E-state index in [1.807, 2.05) is 21.1 Å². The van der Waals surface area contributed by atoms with E-state index in [2.05, 4.69) is 13.8 Å². The lowest BCUT2D eigenvalue weighted by molar-refractivity contribution is -0.870. The minimum atomic E-state index is -4.52. The number of rotatable bonds is 51. The second-order valence-corrected chi connectivity index (χ2v) is 21.0. The highest BCUT2D eigenvalue weighted by Gasteiger charge is 2.20. The maximum absolute atomic E-state index is 12.7. The van der Waals surface area contributed by atoms with Crippen LogP contribution in [0.2, 0.25) is 0 Å². The van der Waals surface area contributed by atoms with Crippen molar-refractivity contribution in [1.82, 2.24) is 0 Å². The Hall–Kier alpha value is -0.500. The summed E-state index contributed by atoms with van der Waals surface area (Å²) in [5.74, 6) is -0.325. The highest BCUT2D eigenvalue weighted by atomic mass is 31.2. The molecule has 0 aliphatic rings. The van der Waals surface area contributed by atoms with Crippen LogP contribution >= 0.6 is 7.82 Å². The van der Waals surface area contributed by atoms with Crippen LogP contribution in [-0.4, -0.2) is 70.7 Å². The zero-order valence-electron chi connectivity index (χ0n) is 41.6. The number of likely N-dealkylation sites (N-methyl/N-ethyl adjacent to an activating group) is 1. The van der Waals surface area contributed by atoms with Crippen LogP contribution in [0.1, 0.15) is 271 Å². The van der Waals surface area contributed by atoms with Crippen LogP contribution < -0.4 is 4.89 Å². The fraction of sp³-hybridized carbons (Fsp3) is 0.981. The Morgan fingerprint density at radius 3 is 1.08 bits per heavy atom. The zero-order chi connectivity index (χ0) is 44.8. The topological polar surface area (TPSA) is 94.1 Å². The van der Waals surface area contributed by atoms with E-state index in [1.54, 1.807) is 0 Å². The normalized spacial score (nSPS) is 13.5. The number of phosphoric acid groups is 1. The van der Waals surface area contributed by atoms with Gasteiger partial charge in [0, 0.05) is 13.0 Å². The molecule has 0 aliphatic carbocycles. The smallest absolute Gasteiger partial charge is 0.306 e. The number of nitrogens with zero attached hydrogens (tertiary/aromatic N) is 1. The lowest BCUT2D eigenvalue weighted by atomic mass is 10.0. The number of unbranched alkanes of at least 4 members (excludes halogenated alkanes) is 37. The van der Waals surface area contributed by atoms with Crippen molar-refractivity contribution in [3.8, 4) is 0 Å². The van der Waals surface area contributed by atoms with E-state index in [-0.39, 0.29) is 25.8 Å². The van der Waals surface area contributed by atoms with Crippen LogP contribution in [0, 0.1) is 0 Å².